The van der Waals surface area contributed by atoms with E-state index in [9.17, 15) is 12.8 Å². The molecule has 7 heteroatoms. The zero-order valence-electron chi connectivity index (χ0n) is 10.8. The first-order chi connectivity index (χ1) is 9.29. The topological polar surface area (TPSA) is 63.4 Å². The number of fused-ring (bicyclic) bond motifs is 2. The summed E-state index contributed by atoms with van der Waals surface area (Å²) in [6, 6.07) is 4.51. The van der Waals surface area contributed by atoms with Gasteiger partial charge in [-0.2, -0.15) is 12.7 Å². The zero-order chi connectivity index (χ0) is 14.5. The number of nitrogens with two attached hydrogens (primary N) is 1. The van der Waals surface area contributed by atoms with Crippen molar-refractivity contribution < 1.29 is 17.2 Å². The normalized spacial score (nSPS) is 34.4. The molecule has 2 fully saturated rings. The van der Waals surface area contributed by atoms with Gasteiger partial charge >= 0.3 is 0 Å². The van der Waals surface area contributed by atoms with Gasteiger partial charge in [0.25, 0.3) is 10.2 Å². The van der Waals surface area contributed by atoms with E-state index < -0.39 is 33.8 Å². The van der Waals surface area contributed by atoms with Gasteiger partial charge in [0.05, 0.1) is 0 Å². The molecule has 20 heavy (non-hydrogen) atoms. The predicted octanol–water partition coefficient (Wildman–Crippen LogP) is 1.82. The summed E-state index contributed by atoms with van der Waals surface area (Å²) in [7, 11) is -3.79. The number of nitrogens with zero attached hydrogens (tertiary/aromatic N) is 1. The maximum absolute atomic E-state index is 15.2. The Labute approximate surface area is 116 Å². The molecule has 3 rings (SSSR count). The van der Waals surface area contributed by atoms with Crippen LogP contribution in [0.1, 0.15) is 31.2 Å². The number of alkyl halides is 1. The lowest BCUT2D eigenvalue weighted by atomic mass is 9.83. The van der Waals surface area contributed by atoms with Crippen molar-refractivity contribution in [1.29, 1.82) is 0 Å². The minimum absolute atomic E-state index is 0.0750. The van der Waals surface area contributed by atoms with Crippen LogP contribution >= 0.6 is 0 Å². The van der Waals surface area contributed by atoms with E-state index in [-0.39, 0.29) is 12.8 Å². The van der Waals surface area contributed by atoms with E-state index in [0.717, 1.165) is 0 Å². The number of halogens is 2. The Kier molecular flexibility index (Phi) is 3.11. The predicted molar refractivity (Wildman–Crippen MR) is 70.2 cm³/mol. The van der Waals surface area contributed by atoms with Gasteiger partial charge < -0.3 is 0 Å². The van der Waals surface area contributed by atoms with Gasteiger partial charge in [0.1, 0.15) is 11.5 Å². The minimum Gasteiger partial charge on any atom is -0.239 e. The van der Waals surface area contributed by atoms with Crippen LogP contribution in [0, 0.1) is 5.82 Å². The fraction of sp³-hybridized carbons (Fsp3) is 0.538. The molecule has 0 radical (unpaired) electrons. The summed E-state index contributed by atoms with van der Waals surface area (Å²) in [6.07, 6.45) is 1.39. The van der Waals surface area contributed by atoms with Crippen molar-refractivity contribution in [3.8, 4) is 0 Å². The highest BCUT2D eigenvalue weighted by Gasteiger charge is 2.52. The Bertz CT molecular complexity index is 604. The van der Waals surface area contributed by atoms with Crippen LogP contribution in [0.3, 0.4) is 0 Å². The first-order valence-corrected chi connectivity index (χ1v) is 8.06. The van der Waals surface area contributed by atoms with Gasteiger partial charge in [-0.25, -0.2) is 13.9 Å². The third-order valence-corrected chi connectivity index (χ3v) is 5.51. The van der Waals surface area contributed by atoms with Crippen LogP contribution < -0.4 is 5.14 Å². The minimum atomic E-state index is -3.79. The summed E-state index contributed by atoms with van der Waals surface area (Å²) in [6.45, 7) is 0. The average molecular weight is 302 g/mol. The molecule has 110 valence electrons. The van der Waals surface area contributed by atoms with Crippen LogP contribution in [-0.4, -0.2) is 24.8 Å². The highest BCUT2D eigenvalue weighted by Crippen LogP contribution is 2.48. The third kappa shape index (κ3) is 2.23. The molecule has 0 saturated carbocycles. The molecule has 2 bridgehead atoms. The van der Waals surface area contributed by atoms with Crippen molar-refractivity contribution in [1.82, 2.24) is 4.31 Å². The van der Waals surface area contributed by atoms with Crippen LogP contribution in [0.5, 0.6) is 0 Å². The van der Waals surface area contributed by atoms with Crippen molar-refractivity contribution in [3.63, 3.8) is 0 Å². The van der Waals surface area contributed by atoms with E-state index in [4.69, 9.17) is 5.14 Å². The summed E-state index contributed by atoms with van der Waals surface area (Å²) >= 11 is 0. The fourth-order valence-electron chi connectivity index (χ4n) is 3.55. The quantitative estimate of drug-likeness (QED) is 0.905. The Morgan fingerprint density at radius 3 is 2.10 bits per heavy atom. The van der Waals surface area contributed by atoms with Crippen molar-refractivity contribution in [2.24, 2.45) is 5.14 Å². The lowest BCUT2D eigenvalue weighted by Gasteiger charge is -2.40. The number of piperidine rings is 1. The Morgan fingerprint density at radius 1 is 1.15 bits per heavy atom. The molecule has 0 amide bonds. The van der Waals surface area contributed by atoms with Gasteiger partial charge in [0, 0.05) is 24.9 Å². The SMILES string of the molecule is NS(=O)(=O)N1C2CCC1CC(F)(c1ccc(F)cc1)C2. The van der Waals surface area contributed by atoms with Gasteiger partial charge in [-0.3, -0.25) is 0 Å². The number of hydrogen-bond donors (Lipinski definition) is 1. The van der Waals surface area contributed by atoms with Crippen LogP contribution in [-0.2, 0) is 15.9 Å². The molecule has 2 aliphatic rings. The van der Waals surface area contributed by atoms with Gasteiger partial charge in [-0.15, -0.1) is 0 Å². The molecule has 1 aromatic rings. The molecule has 2 atom stereocenters. The molecule has 2 aliphatic heterocycles. The molecule has 4 nitrogen and oxygen atoms in total. The largest absolute Gasteiger partial charge is 0.277 e. The summed E-state index contributed by atoms with van der Waals surface area (Å²) in [4.78, 5) is 0. The van der Waals surface area contributed by atoms with Gasteiger partial charge in [-0.05, 0) is 30.5 Å². The molecule has 0 aromatic heterocycles. The summed E-state index contributed by atoms with van der Waals surface area (Å²) in [5.41, 5.74) is -1.20. The van der Waals surface area contributed by atoms with Crippen molar-refractivity contribution >= 4 is 10.2 Å². The van der Waals surface area contributed by atoms with Gasteiger partial charge in [0.2, 0.25) is 0 Å². The van der Waals surface area contributed by atoms with Crippen LogP contribution in [0.4, 0.5) is 8.78 Å². The second-order valence-corrected chi connectivity index (χ2v) is 7.09. The smallest absolute Gasteiger partial charge is 0.239 e. The van der Waals surface area contributed by atoms with E-state index >= 15 is 4.39 Å². The molecule has 1 aromatic carbocycles. The summed E-state index contributed by atoms with van der Waals surface area (Å²) < 4.78 is 52.5. The summed E-state index contributed by atoms with van der Waals surface area (Å²) in [5.74, 6) is -0.415. The molecule has 0 aliphatic carbocycles. The summed E-state index contributed by atoms with van der Waals surface area (Å²) in [5, 5.41) is 5.20. The monoisotopic (exact) mass is 302 g/mol. The van der Waals surface area contributed by atoms with Crippen molar-refractivity contribution in [3.05, 3.63) is 35.6 Å². The number of rotatable bonds is 2. The number of hydrogen-bond acceptors (Lipinski definition) is 2. The Hall–Kier alpha value is -1.05. The molecule has 2 heterocycles. The molecule has 2 N–H and O–H groups in total. The first-order valence-electron chi connectivity index (χ1n) is 6.56. The van der Waals surface area contributed by atoms with Crippen LogP contribution in [0.25, 0.3) is 0 Å². The lowest BCUT2D eigenvalue weighted by molar-refractivity contribution is 0.0479. The highest BCUT2D eigenvalue weighted by atomic mass is 32.2. The van der Waals surface area contributed by atoms with E-state index in [1.165, 1.54) is 28.6 Å². The molecule has 0 spiro atoms. The second kappa shape index (κ2) is 4.47. The molecule has 2 unspecified atom stereocenters. The van der Waals surface area contributed by atoms with E-state index in [2.05, 4.69) is 0 Å². The van der Waals surface area contributed by atoms with E-state index in [1.807, 2.05) is 0 Å². The maximum Gasteiger partial charge on any atom is 0.277 e. The molecular weight excluding hydrogens is 286 g/mol. The third-order valence-electron chi connectivity index (χ3n) is 4.33. The average Bonchev–Trinajstić information content (AvgIpc) is 2.64. The highest BCUT2D eigenvalue weighted by molar-refractivity contribution is 7.86. The van der Waals surface area contributed by atoms with Gasteiger partial charge in [0.15, 0.2) is 0 Å². The van der Waals surface area contributed by atoms with Crippen LogP contribution in [0.2, 0.25) is 0 Å². The standard InChI is InChI=1S/C13H16F2N2O2S/c14-10-3-1-9(2-4-10)13(15)7-11-5-6-12(8-13)17(11)20(16,18)19/h1-4,11-12H,5-8H2,(H2,16,18,19). The fourth-order valence-corrected chi connectivity index (χ4v) is 4.74. The first kappa shape index (κ1) is 13.9. The maximum atomic E-state index is 15.2. The Morgan fingerprint density at radius 2 is 1.65 bits per heavy atom. The van der Waals surface area contributed by atoms with E-state index in [1.54, 1.807) is 0 Å². The zero-order valence-corrected chi connectivity index (χ0v) is 11.6. The lowest BCUT2D eigenvalue weighted by Crippen LogP contribution is -2.52. The van der Waals surface area contributed by atoms with Crippen molar-refractivity contribution in [2.45, 2.75) is 43.4 Å². The number of benzene rings is 1. The van der Waals surface area contributed by atoms with Gasteiger partial charge in [-0.1, -0.05) is 12.1 Å². The van der Waals surface area contributed by atoms with Crippen LogP contribution in [0.15, 0.2) is 24.3 Å². The van der Waals surface area contributed by atoms with Crippen molar-refractivity contribution in [2.75, 3.05) is 0 Å². The van der Waals surface area contributed by atoms with E-state index in [0.29, 0.717) is 18.4 Å². The molecule has 2 saturated heterocycles. The second-order valence-electron chi connectivity index (χ2n) is 5.64. The molecular formula is C13H16F2N2O2S. The Balaban J connectivity index is 1.91.